The molecule has 0 spiro atoms. The van der Waals surface area contributed by atoms with E-state index in [-0.39, 0.29) is 23.6 Å². The van der Waals surface area contributed by atoms with E-state index >= 15 is 0 Å². The Morgan fingerprint density at radius 1 is 1.37 bits per heavy atom. The van der Waals surface area contributed by atoms with Crippen molar-refractivity contribution >= 4 is 5.91 Å². The molecule has 1 aromatic carbocycles. The molecule has 0 saturated heterocycles. The lowest BCUT2D eigenvalue weighted by atomic mass is 9.93. The number of carbonyl (C=O) groups is 1. The van der Waals surface area contributed by atoms with Gasteiger partial charge in [-0.1, -0.05) is 18.2 Å². The summed E-state index contributed by atoms with van der Waals surface area (Å²) in [6.45, 7) is -2.89. The number of halogens is 2. The quantitative estimate of drug-likeness (QED) is 0.769. The van der Waals surface area contributed by atoms with Crippen molar-refractivity contribution in [3.8, 4) is 5.75 Å². The molecular formula is C14H13F2NO2. The molecule has 2 aliphatic rings. The molecule has 1 heterocycles. The molecule has 0 aromatic heterocycles. The van der Waals surface area contributed by atoms with Crippen LogP contribution in [0.15, 0.2) is 30.4 Å². The van der Waals surface area contributed by atoms with Gasteiger partial charge in [-0.25, -0.2) is 0 Å². The van der Waals surface area contributed by atoms with Gasteiger partial charge in [0.2, 0.25) is 0 Å². The van der Waals surface area contributed by atoms with Crippen LogP contribution >= 0.6 is 0 Å². The molecule has 0 N–H and O–H groups in total. The number of hydrogen-bond acceptors (Lipinski definition) is 2. The fourth-order valence-electron chi connectivity index (χ4n) is 2.83. The highest BCUT2D eigenvalue weighted by molar-refractivity contribution is 5.97. The van der Waals surface area contributed by atoms with Gasteiger partial charge in [-0.05, 0) is 18.6 Å². The van der Waals surface area contributed by atoms with E-state index in [2.05, 4.69) is 4.74 Å². The summed E-state index contributed by atoms with van der Waals surface area (Å²) < 4.78 is 29.5. The zero-order chi connectivity index (χ0) is 13.6. The first kappa shape index (κ1) is 12.1. The summed E-state index contributed by atoms with van der Waals surface area (Å²) in [7, 11) is 1.73. The van der Waals surface area contributed by atoms with Crippen molar-refractivity contribution in [2.45, 2.75) is 25.0 Å². The number of rotatable bonds is 2. The second-order valence-electron chi connectivity index (χ2n) is 4.81. The predicted molar refractivity (Wildman–Crippen MR) is 65.5 cm³/mol. The summed E-state index contributed by atoms with van der Waals surface area (Å²) in [6.07, 6.45) is 4.63. The van der Waals surface area contributed by atoms with Crippen molar-refractivity contribution in [2.24, 2.45) is 0 Å². The minimum atomic E-state index is -2.89. The van der Waals surface area contributed by atoms with E-state index in [1.165, 1.54) is 6.07 Å². The van der Waals surface area contributed by atoms with E-state index in [0.29, 0.717) is 11.1 Å². The van der Waals surface area contributed by atoms with Crippen LogP contribution in [-0.4, -0.2) is 30.5 Å². The topological polar surface area (TPSA) is 29.5 Å². The van der Waals surface area contributed by atoms with Gasteiger partial charge >= 0.3 is 6.61 Å². The smallest absolute Gasteiger partial charge is 0.387 e. The molecule has 3 rings (SSSR count). The average molecular weight is 265 g/mol. The largest absolute Gasteiger partial charge is 0.434 e. The number of likely N-dealkylation sites (N-methyl/N-ethyl adjacent to an activating group) is 1. The maximum absolute atomic E-state index is 12.5. The summed E-state index contributed by atoms with van der Waals surface area (Å²) >= 11 is 0. The number of allylic oxidation sites excluding steroid dienone is 1. The Hall–Kier alpha value is -1.91. The van der Waals surface area contributed by atoms with Crippen molar-refractivity contribution in [1.29, 1.82) is 0 Å². The highest BCUT2D eigenvalue weighted by Gasteiger charge is 2.36. The monoisotopic (exact) mass is 265 g/mol. The number of alkyl halides is 2. The zero-order valence-corrected chi connectivity index (χ0v) is 10.3. The SMILES string of the molecule is CN1C(=O)c2cccc(OC(F)F)c2C2C=CC1C2. The number of hydrogen-bond donors (Lipinski definition) is 0. The molecule has 1 aliphatic carbocycles. The molecule has 0 radical (unpaired) electrons. The maximum Gasteiger partial charge on any atom is 0.387 e. The molecule has 5 heteroatoms. The second-order valence-corrected chi connectivity index (χ2v) is 4.81. The average Bonchev–Trinajstić information content (AvgIpc) is 2.81. The Morgan fingerprint density at radius 2 is 2.16 bits per heavy atom. The predicted octanol–water partition coefficient (Wildman–Crippen LogP) is 2.79. The van der Waals surface area contributed by atoms with Gasteiger partial charge in [0, 0.05) is 24.1 Å². The van der Waals surface area contributed by atoms with E-state index in [1.54, 1.807) is 24.1 Å². The molecule has 19 heavy (non-hydrogen) atoms. The van der Waals surface area contributed by atoms with Crippen molar-refractivity contribution in [3.05, 3.63) is 41.5 Å². The lowest BCUT2D eigenvalue weighted by Gasteiger charge is -2.22. The van der Waals surface area contributed by atoms with Crippen LogP contribution in [0, 0.1) is 0 Å². The normalized spacial score (nSPS) is 24.6. The molecule has 1 aromatic rings. The van der Waals surface area contributed by atoms with Crippen LogP contribution < -0.4 is 4.74 Å². The summed E-state index contributed by atoms with van der Waals surface area (Å²) in [6, 6.07) is 4.76. The molecule has 0 saturated carbocycles. The molecule has 1 amide bonds. The minimum Gasteiger partial charge on any atom is -0.434 e. The lowest BCUT2D eigenvalue weighted by Crippen LogP contribution is -2.33. The van der Waals surface area contributed by atoms with Gasteiger partial charge in [0.15, 0.2) is 0 Å². The Bertz CT molecular complexity index is 556. The van der Waals surface area contributed by atoms with Crippen molar-refractivity contribution < 1.29 is 18.3 Å². The highest BCUT2D eigenvalue weighted by Crippen LogP contribution is 2.41. The van der Waals surface area contributed by atoms with Crippen LogP contribution in [0.4, 0.5) is 8.78 Å². The van der Waals surface area contributed by atoms with Crippen LogP contribution in [0.5, 0.6) is 5.75 Å². The van der Waals surface area contributed by atoms with E-state index < -0.39 is 6.61 Å². The van der Waals surface area contributed by atoms with Crippen LogP contribution in [0.1, 0.15) is 28.3 Å². The molecule has 2 bridgehead atoms. The third-order valence-corrected chi connectivity index (χ3v) is 3.76. The van der Waals surface area contributed by atoms with Crippen LogP contribution in [0.25, 0.3) is 0 Å². The first-order valence-electron chi connectivity index (χ1n) is 6.11. The Kier molecular flexibility index (Phi) is 2.77. The van der Waals surface area contributed by atoms with Gasteiger partial charge in [-0.15, -0.1) is 0 Å². The lowest BCUT2D eigenvalue weighted by molar-refractivity contribution is -0.0505. The highest BCUT2D eigenvalue weighted by atomic mass is 19.3. The zero-order valence-electron chi connectivity index (χ0n) is 10.3. The number of benzene rings is 1. The third-order valence-electron chi connectivity index (χ3n) is 3.76. The fraction of sp³-hybridized carbons (Fsp3) is 0.357. The number of carbonyl (C=O) groups excluding carboxylic acids is 1. The summed E-state index contributed by atoms with van der Waals surface area (Å²) in [5.41, 5.74) is 1.04. The summed E-state index contributed by atoms with van der Waals surface area (Å²) in [5, 5.41) is 0. The Balaban J connectivity index is 2.15. The van der Waals surface area contributed by atoms with E-state index in [1.807, 2.05) is 12.2 Å². The first-order chi connectivity index (χ1) is 9.08. The van der Waals surface area contributed by atoms with E-state index in [9.17, 15) is 13.6 Å². The van der Waals surface area contributed by atoms with Gasteiger partial charge < -0.3 is 9.64 Å². The molecule has 1 aliphatic heterocycles. The molecular weight excluding hydrogens is 252 g/mol. The number of amides is 1. The van der Waals surface area contributed by atoms with Gasteiger partial charge in [0.1, 0.15) is 5.75 Å². The van der Waals surface area contributed by atoms with Crippen molar-refractivity contribution in [2.75, 3.05) is 7.05 Å². The first-order valence-corrected chi connectivity index (χ1v) is 6.11. The van der Waals surface area contributed by atoms with Crippen LogP contribution in [0.3, 0.4) is 0 Å². The van der Waals surface area contributed by atoms with E-state index in [4.69, 9.17) is 0 Å². The third kappa shape index (κ3) is 1.89. The van der Waals surface area contributed by atoms with Crippen molar-refractivity contribution in [1.82, 2.24) is 4.90 Å². The number of ether oxygens (including phenoxy) is 1. The minimum absolute atomic E-state index is 0.0318. The number of fused-ring (bicyclic) bond motifs is 4. The molecule has 3 nitrogen and oxygen atoms in total. The summed E-state index contributed by atoms with van der Waals surface area (Å²) in [4.78, 5) is 14.0. The Morgan fingerprint density at radius 3 is 2.89 bits per heavy atom. The number of nitrogens with zero attached hydrogens (tertiary/aromatic N) is 1. The standard InChI is InChI=1S/C14H13F2NO2/c1-17-9-6-5-8(7-9)12-10(13(17)18)3-2-4-11(12)19-14(15)16/h2-6,8-9,14H,7H2,1H3. The van der Waals surface area contributed by atoms with Gasteiger partial charge in [0.25, 0.3) is 5.91 Å². The molecule has 2 unspecified atom stereocenters. The van der Waals surface area contributed by atoms with Crippen molar-refractivity contribution in [3.63, 3.8) is 0 Å². The molecule has 0 fully saturated rings. The van der Waals surface area contributed by atoms with Gasteiger partial charge in [0.05, 0.1) is 6.04 Å². The van der Waals surface area contributed by atoms with Crippen LogP contribution in [-0.2, 0) is 0 Å². The van der Waals surface area contributed by atoms with Gasteiger partial charge in [-0.2, -0.15) is 8.78 Å². The molecule has 100 valence electrons. The summed E-state index contributed by atoms with van der Waals surface area (Å²) in [5.74, 6) is -0.0816. The Labute approximate surface area is 109 Å². The molecule has 2 atom stereocenters. The van der Waals surface area contributed by atoms with Crippen LogP contribution in [0.2, 0.25) is 0 Å². The van der Waals surface area contributed by atoms with E-state index in [0.717, 1.165) is 6.42 Å². The fourth-order valence-corrected chi connectivity index (χ4v) is 2.83. The maximum atomic E-state index is 12.5. The second kappa shape index (κ2) is 4.33. The van der Waals surface area contributed by atoms with Gasteiger partial charge in [-0.3, -0.25) is 4.79 Å².